The Morgan fingerprint density at radius 3 is 2.19 bits per heavy atom. The summed E-state index contributed by atoms with van der Waals surface area (Å²) in [7, 11) is 0. The number of fused-ring (bicyclic) bond motifs is 7. The van der Waals surface area contributed by atoms with Crippen LogP contribution in [0.4, 0.5) is 0 Å². The van der Waals surface area contributed by atoms with Crippen molar-refractivity contribution in [3.63, 3.8) is 0 Å². The first-order valence-electron chi connectivity index (χ1n) is 13.8. The highest BCUT2D eigenvalue weighted by atomic mass is 16.3. The SMILES string of the molecule is C=C(C)[C@@H]1CC[C@]2(CO)CC[C@]3(C)C(CC[C@@H]4[C@@]5(C)CC[C@H](O)C(C)(C)C5CC[C@]43C)C12. The Kier molecular flexibility index (Phi) is 5.19. The van der Waals surface area contributed by atoms with Gasteiger partial charge in [0.25, 0.3) is 0 Å². The molecule has 0 saturated heterocycles. The molecule has 2 heteroatoms. The fraction of sp³-hybridized carbons (Fsp3) is 0.933. The zero-order chi connectivity index (χ0) is 23.3. The minimum atomic E-state index is -0.147. The van der Waals surface area contributed by atoms with Crippen LogP contribution in [0.1, 0.15) is 106 Å². The van der Waals surface area contributed by atoms with Gasteiger partial charge in [-0.15, -0.1) is 0 Å². The zero-order valence-electron chi connectivity index (χ0n) is 21.8. The van der Waals surface area contributed by atoms with Crippen molar-refractivity contribution in [2.75, 3.05) is 6.61 Å². The number of hydrogen-bond donors (Lipinski definition) is 2. The van der Waals surface area contributed by atoms with E-state index in [-0.39, 0.29) is 16.9 Å². The number of hydrogen-bond acceptors (Lipinski definition) is 2. The molecule has 5 rings (SSSR count). The van der Waals surface area contributed by atoms with Crippen molar-refractivity contribution in [1.82, 2.24) is 0 Å². The van der Waals surface area contributed by atoms with E-state index in [9.17, 15) is 10.2 Å². The monoisotopic (exact) mass is 442 g/mol. The molecule has 0 aliphatic heterocycles. The molecule has 5 saturated carbocycles. The molecule has 0 aromatic carbocycles. The maximum absolute atomic E-state index is 10.9. The van der Waals surface area contributed by atoms with Gasteiger partial charge < -0.3 is 10.2 Å². The summed E-state index contributed by atoms with van der Waals surface area (Å²) in [6, 6.07) is 0. The Labute approximate surface area is 197 Å². The molecule has 32 heavy (non-hydrogen) atoms. The van der Waals surface area contributed by atoms with Gasteiger partial charge in [0.15, 0.2) is 0 Å². The third kappa shape index (κ3) is 2.66. The van der Waals surface area contributed by atoms with E-state index in [0.29, 0.717) is 40.6 Å². The van der Waals surface area contributed by atoms with Gasteiger partial charge in [0.05, 0.1) is 6.10 Å². The Hall–Kier alpha value is -0.340. The summed E-state index contributed by atoms with van der Waals surface area (Å²) in [6.07, 6.45) is 12.2. The first-order chi connectivity index (χ1) is 14.9. The maximum Gasteiger partial charge on any atom is 0.0594 e. The van der Waals surface area contributed by atoms with E-state index in [2.05, 4.69) is 48.1 Å². The summed E-state index contributed by atoms with van der Waals surface area (Å²) in [5, 5.41) is 21.5. The van der Waals surface area contributed by atoms with Gasteiger partial charge in [0, 0.05) is 6.61 Å². The normalized spacial score (nSPS) is 56.5. The Bertz CT molecular complexity index is 786. The minimum Gasteiger partial charge on any atom is -0.396 e. The van der Waals surface area contributed by atoms with Gasteiger partial charge in [0.2, 0.25) is 0 Å². The van der Waals surface area contributed by atoms with Crippen LogP contribution in [0.15, 0.2) is 12.2 Å². The highest BCUT2D eigenvalue weighted by Crippen LogP contribution is 2.77. The second kappa shape index (κ2) is 7.09. The van der Waals surface area contributed by atoms with Crippen molar-refractivity contribution in [2.45, 2.75) is 112 Å². The maximum atomic E-state index is 10.9. The molecule has 0 aromatic heterocycles. The summed E-state index contributed by atoms with van der Waals surface area (Å²) < 4.78 is 0. The third-order valence-electron chi connectivity index (χ3n) is 13.5. The van der Waals surface area contributed by atoms with Gasteiger partial charge >= 0.3 is 0 Å². The predicted octanol–water partition coefficient (Wildman–Crippen LogP) is 7.00. The Morgan fingerprint density at radius 1 is 0.812 bits per heavy atom. The third-order valence-corrected chi connectivity index (χ3v) is 13.5. The summed E-state index contributed by atoms with van der Waals surface area (Å²) in [4.78, 5) is 0. The highest BCUT2D eigenvalue weighted by molar-refractivity contribution is 5.21. The molecule has 0 spiro atoms. The molecular formula is C30H50O2. The summed E-state index contributed by atoms with van der Waals surface area (Å²) in [5.41, 5.74) is 2.60. The second-order valence-corrected chi connectivity index (χ2v) is 14.6. The summed E-state index contributed by atoms with van der Waals surface area (Å²) in [5.74, 6) is 3.33. The molecule has 0 heterocycles. The van der Waals surface area contributed by atoms with Gasteiger partial charge in [-0.05, 0) is 128 Å². The van der Waals surface area contributed by atoms with E-state index in [0.717, 1.165) is 18.3 Å². The smallest absolute Gasteiger partial charge is 0.0594 e. The van der Waals surface area contributed by atoms with E-state index in [1.807, 2.05) is 0 Å². The molecule has 5 fully saturated rings. The van der Waals surface area contributed by atoms with Crippen LogP contribution in [-0.2, 0) is 0 Å². The van der Waals surface area contributed by atoms with E-state index < -0.39 is 0 Å². The molecule has 5 aliphatic rings. The number of allylic oxidation sites excluding steroid dienone is 1. The largest absolute Gasteiger partial charge is 0.396 e. The number of aliphatic hydroxyl groups excluding tert-OH is 2. The lowest BCUT2D eigenvalue weighted by molar-refractivity contribution is -0.249. The average molecular weight is 443 g/mol. The second-order valence-electron chi connectivity index (χ2n) is 14.6. The molecule has 0 aromatic rings. The van der Waals surface area contributed by atoms with Crippen molar-refractivity contribution in [2.24, 2.45) is 56.7 Å². The van der Waals surface area contributed by atoms with Gasteiger partial charge in [-0.1, -0.05) is 46.8 Å². The molecule has 0 bridgehead atoms. The number of rotatable bonds is 2. The fourth-order valence-electron chi connectivity index (χ4n) is 11.5. The van der Waals surface area contributed by atoms with Crippen molar-refractivity contribution >= 4 is 0 Å². The molecule has 10 atom stereocenters. The quantitative estimate of drug-likeness (QED) is 0.452. The Morgan fingerprint density at radius 2 is 1.53 bits per heavy atom. The van der Waals surface area contributed by atoms with Gasteiger partial charge in [0.1, 0.15) is 0 Å². The van der Waals surface area contributed by atoms with Crippen LogP contribution >= 0.6 is 0 Å². The van der Waals surface area contributed by atoms with Crippen molar-refractivity contribution in [1.29, 1.82) is 0 Å². The lowest BCUT2D eigenvalue weighted by Gasteiger charge is -2.73. The van der Waals surface area contributed by atoms with E-state index in [4.69, 9.17) is 0 Å². The fourth-order valence-corrected chi connectivity index (χ4v) is 11.5. The van der Waals surface area contributed by atoms with Crippen molar-refractivity contribution in [3.8, 4) is 0 Å². The van der Waals surface area contributed by atoms with Crippen molar-refractivity contribution in [3.05, 3.63) is 12.2 Å². The van der Waals surface area contributed by atoms with Crippen LogP contribution in [0, 0.1) is 56.7 Å². The van der Waals surface area contributed by atoms with E-state index in [1.54, 1.807) is 0 Å². The van der Waals surface area contributed by atoms with Crippen LogP contribution in [0.5, 0.6) is 0 Å². The molecule has 5 aliphatic carbocycles. The van der Waals surface area contributed by atoms with Gasteiger partial charge in [-0.2, -0.15) is 0 Å². The first-order valence-corrected chi connectivity index (χ1v) is 13.8. The van der Waals surface area contributed by atoms with Crippen LogP contribution in [-0.4, -0.2) is 22.9 Å². The predicted molar refractivity (Wildman–Crippen MR) is 132 cm³/mol. The number of aliphatic hydroxyl groups is 2. The molecule has 3 unspecified atom stereocenters. The summed E-state index contributed by atoms with van der Waals surface area (Å²) in [6.45, 7) is 19.7. The molecule has 182 valence electrons. The molecule has 0 radical (unpaired) electrons. The topological polar surface area (TPSA) is 40.5 Å². The lowest BCUT2D eigenvalue weighted by atomic mass is 9.32. The zero-order valence-corrected chi connectivity index (χ0v) is 21.8. The molecule has 0 amide bonds. The lowest BCUT2D eigenvalue weighted by Crippen LogP contribution is -2.66. The minimum absolute atomic E-state index is 0.0290. The summed E-state index contributed by atoms with van der Waals surface area (Å²) >= 11 is 0. The molecular weight excluding hydrogens is 392 g/mol. The van der Waals surface area contributed by atoms with Crippen molar-refractivity contribution < 1.29 is 10.2 Å². The van der Waals surface area contributed by atoms with Crippen LogP contribution in [0.25, 0.3) is 0 Å². The standard InChI is InChI=1S/C30H50O2/c1-19(2)20-10-15-30(18-31)17-16-28(6)21(25(20)30)8-9-23-27(5)13-12-24(32)26(3,4)22(27)11-14-29(23,28)7/h20-25,31-32H,1,8-18H2,2-7H3/t20-,21?,22?,23+,24-,25?,27-,28+,29+,30+/m0/s1. The molecule has 2 nitrogen and oxygen atoms in total. The van der Waals surface area contributed by atoms with Gasteiger partial charge in [-0.3, -0.25) is 0 Å². The average Bonchev–Trinajstić information content (AvgIpc) is 3.12. The first kappa shape index (κ1) is 23.4. The molecule has 2 N–H and O–H groups in total. The van der Waals surface area contributed by atoms with E-state index in [1.165, 1.54) is 63.4 Å². The van der Waals surface area contributed by atoms with Crippen LogP contribution < -0.4 is 0 Å². The highest BCUT2D eigenvalue weighted by Gasteiger charge is 2.70. The van der Waals surface area contributed by atoms with E-state index >= 15 is 0 Å². The van der Waals surface area contributed by atoms with Crippen LogP contribution in [0.2, 0.25) is 0 Å². The Balaban J connectivity index is 1.55. The van der Waals surface area contributed by atoms with Gasteiger partial charge in [-0.25, -0.2) is 0 Å². The van der Waals surface area contributed by atoms with Crippen LogP contribution in [0.3, 0.4) is 0 Å².